The smallest absolute Gasteiger partial charge is 0.225 e. The molecule has 0 aliphatic rings. The third-order valence-electron chi connectivity index (χ3n) is 2.60. The van der Waals surface area contributed by atoms with Crippen LogP contribution in [0.15, 0.2) is 24.3 Å². The van der Waals surface area contributed by atoms with Crippen LogP contribution in [0.4, 0.5) is 11.4 Å². The third kappa shape index (κ3) is 6.01. The molecule has 4 N–H and O–H groups in total. The maximum Gasteiger partial charge on any atom is 0.225 e. The Morgan fingerprint density at radius 1 is 1.16 bits per heavy atom. The van der Waals surface area contributed by atoms with Crippen LogP contribution in [0.1, 0.15) is 33.1 Å². The Hall–Kier alpha value is -1.88. The summed E-state index contributed by atoms with van der Waals surface area (Å²) in [5.41, 5.74) is 7.21. The number of anilines is 2. The molecule has 0 bridgehead atoms. The molecule has 1 aromatic carbocycles. The van der Waals surface area contributed by atoms with E-state index in [1.165, 1.54) is 6.92 Å². The Balaban J connectivity index is 2.48. The predicted octanol–water partition coefficient (Wildman–Crippen LogP) is 2.10. The molecule has 0 aliphatic carbocycles. The molecule has 1 rings (SSSR count). The molecule has 1 atom stereocenters. The molecular formula is C14H21N3O2. The van der Waals surface area contributed by atoms with E-state index in [-0.39, 0.29) is 17.9 Å². The van der Waals surface area contributed by atoms with Crippen LogP contribution in [-0.4, -0.2) is 17.9 Å². The Bertz CT molecular complexity index is 429. The van der Waals surface area contributed by atoms with Gasteiger partial charge in [0, 0.05) is 30.8 Å². The van der Waals surface area contributed by atoms with Crippen molar-refractivity contribution in [3.8, 4) is 0 Å². The van der Waals surface area contributed by atoms with Crippen LogP contribution in [0.5, 0.6) is 0 Å². The quantitative estimate of drug-likeness (QED) is 0.734. The zero-order valence-corrected chi connectivity index (χ0v) is 11.4. The first kappa shape index (κ1) is 15.2. The van der Waals surface area contributed by atoms with Crippen molar-refractivity contribution in [3.63, 3.8) is 0 Å². The van der Waals surface area contributed by atoms with E-state index < -0.39 is 0 Å². The van der Waals surface area contributed by atoms with Gasteiger partial charge in [0.15, 0.2) is 0 Å². The molecule has 0 spiro atoms. The average Bonchev–Trinajstić information content (AvgIpc) is 2.31. The highest BCUT2D eigenvalue weighted by Crippen LogP contribution is 2.14. The van der Waals surface area contributed by atoms with E-state index in [0.29, 0.717) is 17.8 Å². The molecule has 5 heteroatoms. The molecule has 0 radical (unpaired) electrons. The number of benzene rings is 1. The molecule has 0 heterocycles. The summed E-state index contributed by atoms with van der Waals surface area (Å²) >= 11 is 0. The summed E-state index contributed by atoms with van der Waals surface area (Å²) < 4.78 is 0. The molecule has 1 aromatic rings. The van der Waals surface area contributed by atoms with Crippen LogP contribution in [0.2, 0.25) is 0 Å². The lowest BCUT2D eigenvalue weighted by Crippen LogP contribution is -2.26. The first-order chi connectivity index (χ1) is 9.01. The van der Waals surface area contributed by atoms with Crippen LogP contribution in [-0.2, 0) is 9.59 Å². The van der Waals surface area contributed by atoms with E-state index >= 15 is 0 Å². The summed E-state index contributed by atoms with van der Waals surface area (Å²) in [5.74, 6) is -0.212. The van der Waals surface area contributed by atoms with Gasteiger partial charge < -0.3 is 16.4 Å². The summed E-state index contributed by atoms with van der Waals surface area (Å²) in [4.78, 5) is 22.6. The van der Waals surface area contributed by atoms with Gasteiger partial charge in [0.2, 0.25) is 11.8 Å². The van der Waals surface area contributed by atoms with Crippen LogP contribution in [0.3, 0.4) is 0 Å². The van der Waals surface area contributed by atoms with Crippen LogP contribution >= 0.6 is 0 Å². The molecule has 0 aromatic heterocycles. The largest absolute Gasteiger partial charge is 0.327 e. The van der Waals surface area contributed by atoms with Crippen LogP contribution in [0.25, 0.3) is 0 Å². The van der Waals surface area contributed by atoms with Gasteiger partial charge in [-0.1, -0.05) is 13.3 Å². The fourth-order valence-electron chi connectivity index (χ4n) is 1.76. The maximum atomic E-state index is 11.7. The van der Waals surface area contributed by atoms with Crippen LogP contribution < -0.4 is 16.4 Å². The van der Waals surface area contributed by atoms with Crippen molar-refractivity contribution in [2.75, 3.05) is 10.6 Å². The lowest BCUT2D eigenvalue weighted by molar-refractivity contribution is -0.116. The number of carbonyl (C=O) groups is 2. The van der Waals surface area contributed by atoms with Gasteiger partial charge in [-0.15, -0.1) is 0 Å². The first-order valence-electron chi connectivity index (χ1n) is 6.44. The zero-order chi connectivity index (χ0) is 14.3. The lowest BCUT2D eigenvalue weighted by atomic mass is 10.1. The summed E-state index contributed by atoms with van der Waals surface area (Å²) in [7, 11) is 0. The summed E-state index contributed by atoms with van der Waals surface area (Å²) in [6, 6.07) is 6.87. The van der Waals surface area contributed by atoms with Gasteiger partial charge in [0.1, 0.15) is 0 Å². The molecule has 104 valence electrons. The van der Waals surface area contributed by atoms with E-state index in [9.17, 15) is 9.59 Å². The van der Waals surface area contributed by atoms with E-state index in [0.717, 1.165) is 12.8 Å². The van der Waals surface area contributed by atoms with Gasteiger partial charge in [-0.05, 0) is 30.7 Å². The highest BCUT2D eigenvalue weighted by molar-refractivity contribution is 5.92. The second-order valence-corrected chi connectivity index (χ2v) is 4.56. The molecular weight excluding hydrogens is 242 g/mol. The van der Waals surface area contributed by atoms with Crippen molar-refractivity contribution in [2.24, 2.45) is 5.73 Å². The predicted molar refractivity (Wildman–Crippen MR) is 76.9 cm³/mol. The van der Waals surface area contributed by atoms with Crippen molar-refractivity contribution < 1.29 is 9.59 Å². The summed E-state index contributed by atoms with van der Waals surface area (Å²) in [6.45, 7) is 3.49. The fourth-order valence-corrected chi connectivity index (χ4v) is 1.76. The number of nitrogens with one attached hydrogen (secondary N) is 2. The second kappa shape index (κ2) is 7.53. The number of carbonyl (C=O) groups excluding carboxylic acids is 2. The van der Waals surface area contributed by atoms with Gasteiger partial charge in [-0.25, -0.2) is 0 Å². The molecule has 19 heavy (non-hydrogen) atoms. The normalized spacial score (nSPS) is 11.7. The van der Waals surface area contributed by atoms with Crippen molar-refractivity contribution in [2.45, 2.75) is 39.2 Å². The Morgan fingerprint density at radius 2 is 1.68 bits per heavy atom. The molecule has 0 fully saturated rings. The Labute approximate surface area is 113 Å². The first-order valence-corrected chi connectivity index (χ1v) is 6.44. The maximum absolute atomic E-state index is 11.7. The molecule has 5 nitrogen and oxygen atoms in total. The highest BCUT2D eigenvalue weighted by atomic mass is 16.2. The number of hydrogen-bond acceptors (Lipinski definition) is 3. The Kier molecular flexibility index (Phi) is 6.02. The number of rotatable bonds is 6. The fraction of sp³-hybridized carbons (Fsp3) is 0.429. The molecule has 0 saturated heterocycles. The topological polar surface area (TPSA) is 84.2 Å². The van der Waals surface area contributed by atoms with Crippen LogP contribution in [0, 0.1) is 0 Å². The molecule has 0 saturated carbocycles. The SMILES string of the molecule is CCCC(N)CC(=O)Nc1ccc(NC(C)=O)cc1. The number of hydrogen-bond donors (Lipinski definition) is 3. The van der Waals surface area contributed by atoms with Crippen molar-refractivity contribution in [3.05, 3.63) is 24.3 Å². The lowest BCUT2D eigenvalue weighted by Gasteiger charge is -2.11. The van der Waals surface area contributed by atoms with Gasteiger partial charge in [-0.2, -0.15) is 0 Å². The van der Waals surface area contributed by atoms with Crippen molar-refractivity contribution in [1.29, 1.82) is 0 Å². The molecule has 2 amide bonds. The minimum atomic E-state index is -0.123. The summed E-state index contributed by atoms with van der Waals surface area (Å²) in [6.07, 6.45) is 2.13. The number of amides is 2. The van der Waals surface area contributed by atoms with E-state index in [4.69, 9.17) is 5.73 Å². The number of nitrogens with two attached hydrogens (primary N) is 1. The van der Waals surface area contributed by atoms with Crippen molar-refractivity contribution >= 4 is 23.2 Å². The van der Waals surface area contributed by atoms with E-state index in [1.807, 2.05) is 6.92 Å². The molecule has 0 aliphatic heterocycles. The second-order valence-electron chi connectivity index (χ2n) is 4.56. The Morgan fingerprint density at radius 3 is 2.16 bits per heavy atom. The minimum absolute atomic E-state index is 0.0896. The van der Waals surface area contributed by atoms with E-state index in [1.54, 1.807) is 24.3 Å². The minimum Gasteiger partial charge on any atom is -0.327 e. The van der Waals surface area contributed by atoms with Gasteiger partial charge >= 0.3 is 0 Å². The average molecular weight is 263 g/mol. The molecule has 1 unspecified atom stereocenters. The summed E-state index contributed by atoms with van der Waals surface area (Å²) in [5, 5.41) is 5.44. The highest BCUT2D eigenvalue weighted by Gasteiger charge is 2.08. The van der Waals surface area contributed by atoms with Gasteiger partial charge in [0.25, 0.3) is 0 Å². The van der Waals surface area contributed by atoms with Crippen molar-refractivity contribution in [1.82, 2.24) is 0 Å². The van der Waals surface area contributed by atoms with E-state index in [2.05, 4.69) is 10.6 Å². The third-order valence-corrected chi connectivity index (χ3v) is 2.60. The monoisotopic (exact) mass is 263 g/mol. The standard InChI is InChI=1S/C14H21N3O2/c1-3-4-11(15)9-14(19)17-13-7-5-12(6-8-13)16-10(2)18/h5-8,11H,3-4,9,15H2,1-2H3,(H,16,18)(H,17,19). The zero-order valence-electron chi connectivity index (χ0n) is 11.4. The van der Waals surface area contributed by atoms with Gasteiger partial charge in [-0.3, -0.25) is 9.59 Å². The van der Waals surface area contributed by atoms with Gasteiger partial charge in [0.05, 0.1) is 0 Å².